The summed E-state index contributed by atoms with van der Waals surface area (Å²) >= 11 is 0. The Hall–Kier alpha value is -0.940. The van der Waals surface area contributed by atoms with Crippen LogP contribution in [-0.2, 0) is 4.74 Å². The molecule has 94 valence electrons. The van der Waals surface area contributed by atoms with Crippen LogP contribution in [0.4, 0.5) is 18.0 Å². The summed E-state index contributed by atoms with van der Waals surface area (Å²) in [5.74, 6) is 0. The lowest BCUT2D eigenvalue weighted by molar-refractivity contribution is -0.162. The number of carbonyl (C=O) groups excluding carboxylic acids is 1. The topological polar surface area (TPSA) is 29.5 Å². The van der Waals surface area contributed by atoms with Crippen molar-refractivity contribution < 1.29 is 22.7 Å². The van der Waals surface area contributed by atoms with Crippen molar-refractivity contribution in [2.24, 2.45) is 0 Å². The molecule has 0 aliphatic carbocycles. The highest BCUT2D eigenvalue weighted by Gasteiger charge is 2.30. The van der Waals surface area contributed by atoms with E-state index in [9.17, 15) is 18.0 Å². The molecule has 0 aromatic carbocycles. The van der Waals surface area contributed by atoms with Gasteiger partial charge < -0.3 is 9.64 Å². The van der Waals surface area contributed by atoms with E-state index in [0.717, 1.165) is 32.1 Å². The fraction of sp³-hybridized carbons (Fsp3) is 0.900. The van der Waals surface area contributed by atoms with Gasteiger partial charge in [-0.25, -0.2) is 4.79 Å². The summed E-state index contributed by atoms with van der Waals surface area (Å²) in [5.41, 5.74) is 0. The smallest absolute Gasteiger partial charge is 0.422 e. The van der Waals surface area contributed by atoms with E-state index in [1.807, 2.05) is 0 Å². The second-order valence-corrected chi connectivity index (χ2v) is 3.92. The molecule has 1 heterocycles. The fourth-order valence-corrected chi connectivity index (χ4v) is 1.66. The number of carbonyl (C=O) groups is 1. The van der Waals surface area contributed by atoms with Gasteiger partial charge in [0.15, 0.2) is 6.61 Å². The van der Waals surface area contributed by atoms with Gasteiger partial charge in [-0.3, -0.25) is 0 Å². The average Bonchev–Trinajstić information content (AvgIpc) is 2.12. The number of halogens is 3. The number of hydrogen-bond acceptors (Lipinski definition) is 2. The van der Waals surface area contributed by atoms with Crippen molar-refractivity contribution in [3.05, 3.63) is 0 Å². The molecule has 1 rings (SSSR count). The molecule has 1 saturated heterocycles. The van der Waals surface area contributed by atoms with Crippen LogP contribution in [0, 0.1) is 0 Å². The Kier molecular flexibility index (Phi) is 4.89. The number of likely N-dealkylation sites (tertiary alicyclic amines) is 1. The molecule has 0 N–H and O–H groups in total. The Bertz CT molecular complexity index is 223. The highest BCUT2D eigenvalue weighted by molar-refractivity contribution is 5.67. The summed E-state index contributed by atoms with van der Waals surface area (Å²) in [6.45, 7) is -0.504. The normalized spacial score (nSPS) is 18.8. The quantitative estimate of drug-likeness (QED) is 0.704. The number of nitrogens with zero attached hydrogens (tertiary/aromatic N) is 1. The SMILES string of the molecule is O=C(OCC(F)(F)F)N1CCCCCCC1. The summed E-state index contributed by atoms with van der Waals surface area (Å²) in [6, 6.07) is 0. The van der Waals surface area contributed by atoms with E-state index in [1.54, 1.807) is 0 Å². The molecule has 0 unspecified atom stereocenters. The number of amides is 1. The van der Waals surface area contributed by atoms with Gasteiger partial charge in [0.2, 0.25) is 0 Å². The zero-order valence-corrected chi connectivity index (χ0v) is 9.05. The number of hydrogen-bond donors (Lipinski definition) is 0. The average molecular weight is 239 g/mol. The first-order valence-electron chi connectivity index (χ1n) is 5.47. The predicted octanol–water partition coefficient (Wildman–Crippen LogP) is 2.95. The molecule has 0 atom stereocenters. The first kappa shape index (κ1) is 13.1. The molecular weight excluding hydrogens is 223 g/mol. The van der Waals surface area contributed by atoms with Gasteiger partial charge in [0.1, 0.15) is 0 Å². The van der Waals surface area contributed by atoms with Gasteiger partial charge in [0, 0.05) is 13.1 Å². The van der Waals surface area contributed by atoms with Crippen LogP contribution in [0.1, 0.15) is 32.1 Å². The fourth-order valence-electron chi connectivity index (χ4n) is 1.66. The molecule has 0 saturated carbocycles. The molecule has 1 aliphatic heterocycles. The van der Waals surface area contributed by atoms with Crippen molar-refractivity contribution in [2.75, 3.05) is 19.7 Å². The monoisotopic (exact) mass is 239 g/mol. The van der Waals surface area contributed by atoms with E-state index in [-0.39, 0.29) is 0 Å². The Morgan fingerprint density at radius 2 is 1.56 bits per heavy atom. The maximum absolute atomic E-state index is 11.8. The third-order valence-corrected chi connectivity index (χ3v) is 2.47. The highest BCUT2D eigenvalue weighted by Crippen LogP contribution is 2.16. The van der Waals surface area contributed by atoms with Gasteiger partial charge in [-0.05, 0) is 12.8 Å². The maximum atomic E-state index is 11.8. The van der Waals surface area contributed by atoms with E-state index in [2.05, 4.69) is 4.74 Å². The number of alkyl halides is 3. The van der Waals surface area contributed by atoms with Crippen LogP contribution < -0.4 is 0 Å². The summed E-state index contributed by atoms with van der Waals surface area (Å²) in [6.07, 6.45) is -0.461. The van der Waals surface area contributed by atoms with E-state index in [1.165, 1.54) is 4.90 Å². The van der Waals surface area contributed by atoms with Crippen LogP contribution in [-0.4, -0.2) is 36.9 Å². The summed E-state index contributed by atoms with van der Waals surface area (Å²) in [7, 11) is 0. The molecule has 1 amide bonds. The van der Waals surface area contributed by atoms with Crippen LogP contribution in [0.3, 0.4) is 0 Å². The van der Waals surface area contributed by atoms with Gasteiger partial charge in [0.05, 0.1) is 0 Å². The zero-order valence-electron chi connectivity index (χ0n) is 9.05. The van der Waals surface area contributed by atoms with E-state index < -0.39 is 18.9 Å². The first-order valence-corrected chi connectivity index (χ1v) is 5.47. The van der Waals surface area contributed by atoms with Gasteiger partial charge in [-0.1, -0.05) is 19.3 Å². The standard InChI is InChI=1S/C10H16F3NO2/c11-10(12,13)8-16-9(15)14-6-4-2-1-3-5-7-14/h1-8H2. The molecule has 16 heavy (non-hydrogen) atoms. The van der Waals surface area contributed by atoms with Crippen molar-refractivity contribution >= 4 is 6.09 Å². The van der Waals surface area contributed by atoms with Crippen molar-refractivity contribution in [1.82, 2.24) is 4.90 Å². The first-order chi connectivity index (χ1) is 7.49. The molecule has 0 bridgehead atoms. The zero-order chi connectivity index (χ0) is 12.0. The van der Waals surface area contributed by atoms with Crippen molar-refractivity contribution in [3.63, 3.8) is 0 Å². The maximum Gasteiger partial charge on any atom is 0.422 e. The molecule has 0 aromatic heterocycles. The van der Waals surface area contributed by atoms with E-state index in [0.29, 0.717) is 13.1 Å². The lowest BCUT2D eigenvalue weighted by Gasteiger charge is -2.24. The van der Waals surface area contributed by atoms with E-state index in [4.69, 9.17) is 0 Å². The molecule has 6 heteroatoms. The molecule has 1 fully saturated rings. The van der Waals surface area contributed by atoms with Crippen molar-refractivity contribution in [3.8, 4) is 0 Å². The molecule has 0 aromatic rings. The van der Waals surface area contributed by atoms with Gasteiger partial charge in [-0.15, -0.1) is 0 Å². The predicted molar refractivity (Wildman–Crippen MR) is 52.1 cm³/mol. The molecule has 0 radical (unpaired) electrons. The van der Waals surface area contributed by atoms with Crippen LogP contribution in [0.2, 0.25) is 0 Å². The number of rotatable bonds is 1. The van der Waals surface area contributed by atoms with Gasteiger partial charge >= 0.3 is 12.3 Å². The highest BCUT2D eigenvalue weighted by atomic mass is 19.4. The molecular formula is C10H16F3NO2. The summed E-state index contributed by atoms with van der Waals surface area (Å²) < 4.78 is 39.7. The van der Waals surface area contributed by atoms with Crippen LogP contribution in [0.25, 0.3) is 0 Å². The third-order valence-electron chi connectivity index (χ3n) is 2.47. The summed E-state index contributed by atoms with van der Waals surface area (Å²) in [4.78, 5) is 12.7. The van der Waals surface area contributed by atoms with Crippen LogP contribution >= 0.6 is 0 Å². The molecule has 1 aliphatic rings. The Balaban J connectivity index is 2.33. The minimum atomic E-state index is -4.45. The minimum Gasteiger partial charge on any atom is -0.440 e. The van der Waals surface area contributed by atoms with Crippen LogP contribution in [0.5, 0.6) is 0 Å². The van der Waals surface area contributed by atoms with Crippen molar-refractivity contribution in [2.45, 2.75) is 38.3 Å². The molecule has 3 nitrogen and oxygen atoms in total. The molecule has 0 spiro atoms. The number of ether oxygens (including phenoxy) is 1. The Morgan fingerprint density at radius 1 is 1.06 bits per heavy atom. The third kappa shape index (κ3) is 5.23. The lowest BCUT2D eigenvalue weighted by atomic mass is 10.1. The second-order valence-electron chi connectivity index (χ2n) is 3.92. The van der Waals surface area contributed by atoms with Gasteiger partial charge in [0.25, 0.3) is 0 Å². The van der Waals surface area contributed by atoms with E-state index >= 15 is 0 Å². The second kappa shape index (κ2) is 5.96. The minimum absolute atomic E-state index is 0.497. The largest absolute Gasteiger partial charge is 0.440 e. The lowest BCUT2D eigenvalue weighted by Crippen LogP contribution is -2.36. The van der Waals surface area contributed by atoms with Gasteiger partial charge in [-0.2, -0.15) is 13.2 Å². The van der Waals surface area contributed by atoms with Crippen molar-refractivity contribution in [1.29, 1.82) is 0 Å². The Morgan fingerprint density at radius 3 is 2.06 bits per heavy atom. The Labute approximate surface area is 92.5 Å². The summed E-state index contributed by atoms with van der Waals surface area (Å²) in [5, 5.41) is 0. The van der Waals surface area contributed by atoms with Crippen LogP contribution in [0.15, 0.2) is 0 Å².